The van der Waals surface area contributed by atoms with Gasteiger partial charge in [-0.25, -0.2) is 14.4 Å². The molecule has 1 saturated heterocycles. The summed E-state index contributed by atoms with van der Waals surface area (Å²) in [7, 11) is 0.190. The van der Waals surface area contributed by atoms with Crippen molar-refractivity contribution in [3.8, 4) is 22.8 Å². The van der Waals surface area contributed by atoms with Crippen LogP contribution in [0.4, 0.5) is 4.39 Å². The van der Waals surface area contributed by atoms with Crippen molar-refractivity contribution in [1.82, 2.24) is 24.8 Å². The van der Waals surface area contributed by atoms with E-state index in [-0.39, 0.29) is 24.3 Å². The molecule has 1 atom stereocenters. The van der Waals surface area contributed by atoms with E-state index in [9.17, 15) is 18.2 Å². The molecule has 4 aromatic rings. The Morgan fingerprint density at radius 3 is 2.64 bits per heavy atom. The number of carbonyl (C=O) groups is 2. The average molecular weight is 508 g/mol. The molecule has 0 spiro atoms. The van der Waals surface area contributed by atoms with Gasteiger partial charge in [-0.15, -0.1) is 0 Å². The van der Waals surface area contributed by atoms with Crippen LogP contribution in [0.15, 0.2) is 59.9 Å². The highest BCUT2D eigenvalue weighted by atomic mass is 32.2. The number of benzene rings is 2. The summed E-state index contributed by atoms with van der Waals surface area (Å²) in [6, 6.07) is 9.49. The van der Waals surface area contributed by atoms with E-state index in [1.54, 1.807) is 41.3 Å². The van der Waals surface area contributed by atoms with E-state index in [0.29, 0.717) is 51.3 Å². The lowest BCUT2D eigenvalue weighted by molar-refractivity contribution is -0.123. The van der Waals surface area contributed by atoms with E-state index in [0.717, 1.165) is 0 Å². The van der Waals surface area contributed by atoms with Gasteiger partial charge >= 0.3 is 0 Å². The Hall–Kier alpha value is -4.12. The lowest BCUT2D eigenvalue weighted by Crippen LogP contribution is -2.49. The number of aromatic nitrogens is 3. The van der Waals surface area contributed by atoms with Crippen LogP contribution < -0.4 is 10.1 Å². The molecule has 2 aromatic heterocycles. The van der Waals surface area contributed by atoms with E-state index >= 15 is 0 Å². The first kappa shape index (κ1) is 23.6. The normalized spacial score (nSPS) is 14.5. The molecule has 1 aliphatic heterocycles. The van der Waals surface area contributed by atoms with Crippen LogP contribution in [0.25, 0.3) is 28.0 Å². The molecule has 9 nitrogen and oxygen atoms in total. The Balaban J connectivity index is 1.56. The largest absolute Gasteiger partial charge is 0.497 e. The molecule has 184 valence electrons. The van der Waals surface area contributed by atoms with Gasteiger partial charge in [0.1, 0.15) is 11.6 Å². The highest BCUT2D eigenvalue weighted by Crippen LogP contribution is 2.29. The third kappa shape index (κ3) is 4.33. The lowest BCUT2D eigenvalue weighted by atomic mass is 10.1. The zero-order valence-corrected chi connectivity index (χ0v) is 20.3. The van der Waals surface area contributed by atoms with Crippen molar-refractivity contribution >= 4 is 33.5 Å². The van der Waals surface area contributed by atoms with Crippen LogP contribution >= 0.6 is 0 Å². The molecule has 0 aliphatic carbocycles. The van der Waals surface area contributed by atoms with Gasteiger partial charge in [0.25, 0.3) is 5.91 Å². The van der Waals surface area contributed by atoms with Gasteiger partial charge in [0.15, 0.2) is 0 Å². The number of ether oxygens (including phenoxy) is 1. The number of nitrogens with one attached hydrogen (secondary N) is 1. The Bertz CT molecular complexity index is 1520. The van der Waals surface area contributed by atoms with Crippen molar-refractivity contribution in [2.45, 2.75) is 4.90 Å². The number of halogens is 1. The fourth-order valence-electron chi connectivity index (χ4n) is 4.16. The van der Waals surface area contributed by atoms with E-state index in [2.05, 4.69) is 15.3 Å². The summed E-state index contributed by atoms with van der Waals surface area (Å²) in [5, 5.41) is 3.39. The van der Waals surface area contributed by atoms with Gasteiger partial charge < -0.3 is 15.0 Å². The molecule has 36 heavy (non-hydrogen) atoms. The lowest BCUT2D eigenvalue weighted by Gasteiger charge is -2.26. The number of fused-ring (bicyclic) bond motifs is 1. The second-order valence-corrected chi connectivity index (χ2v) is 9.59. The van der Waals surface area contributed by atoms with Gasteiger partial charge in [-0.05, 0) is 30.3 Å². The molecular weight excluding hydrogens is 485 g/mol. The van der Waals surface area contributed by atoms with Crippen LogP contribution in [0.1, 0.15) is 10.4 Å². The van der Waals surface area contributed by atoms with Gasteiger partial charge in [0, 0.05) is 60.0 Å². The van der Waals surface area contributed by atoms with Crippen molar-refractivity contribution in [3.63, 3.8) is 0 Å². The molecule has 1 unspecified atom stereocenters. The number of rotatable bonds is 5. The fourth-order valence-corrected chi connectivity index (χ4v) is 4.89. The van der Waals surface area contributed by atoms with Crippen molar-refractivity contribution in [2.24, 2.45) is 0 Å². The number of piperazine rings is 1. The Kier molecular flexibility index (Phi) is 6.23. The topological polar surface area (TPSA) is 106 Å². The average Bonchev–Trinajstić information content (AvgIpc) is 3.28. The Morgan fingerprint density at radius 2 is 1.94 bits per heavy atom. The first-order valence-electron chi connectivity index (χ1n) is 11.1. The molecule has 11 heteroatoms. The smallest absolute Gasteiger partial charge is 0.254 e. The summed E-state index contributed by atoms with van der Waals surface area (Å²) < 4.78 is 33.7. The standard InChI is InChI=1S/C25H22FN5O4S/c1-35-17-4-6-20(26)19(10-17)16-11-28-25(29-12-16)31-13-22(36(2)34)18-5-3-15(9-21(18)31)24(33)30-8-7-27-23(32)14-30/h3-6,9-13H,7-8,14H2,1-2H3,(H,27,32). The zero-order valence-electron chi connectivity index (χ0n) is 19.5. The first-order chi connectivity index (χ1) is 17.4. The van der Waals surface area contributed by atoms with Crippen LogP contribution in [-0.4, -0.2) is 68.5 Å². The minimum Gasteiger partial charge on any atom is -0.497 e. The van der Waals surface area contributed by atoms with Gasteiger partial charge in [-0.1, -0.05) is 6.07 Å². The molecule has 0 bridgehead atoms. The van der Waals surface area contributed by atoms with Crippen LogP contribution in [0.5, 0.6) is 5.75 Å². The monoisotopic (exact) mass is 507 g/mol. The Morgan fingerprint density at radius 1 is 1.17 bits per heavy atom. The highest BCUT2D eigenvalue weighted by Gasteiger charge is 2.24. The predicted molar refractivity (Wildman–Crippen MR) is 132 cm³/mol. The molecule has 0 saturated carbocycles. The summed E-state index contributed by atoms with van der Waals surface area (Å²) in [6.07, 6.45) is 6.23. The summed E-state index contributed by atoms with van der Waals surface area (Å²) >= 11 is 0. The molecular formula is C25H22FN5O4S. The number of hydrogen-bond donors (Lipinski definition) is 1. The third-order valence-corrected chi connectivity index (χ3v) is 6.93. The van der Waals surface area contributed by atoms with Gasteiger partial charge in [-0.2, -0.15) is 0 Å². The third-order valence-electron chi connectivity index (χ3n) is 5.99. The summed E-state index contributed by atoms with van der Waals surface area (Å²) in [6.45, 7) is 0.809. The molecule has 5 rings (SSSR count). The Labute approximate surface area is 208 Å². The summed E-state index contributed by atoms with van der Waals surface area (Å²) in [5.74, 6) is -0.139. The second kappa shape index (κ2) is 9.50. The van der Waals surface area contributed by atoms with Gasteiger partial charge in [0.2, 0.25) is 11.9 Å². The number of hydrogen-bond acceptors (Lipinski definition) is 6. The molecule has 3 heterocycles. The maximum absolute atomic E-state index is 14.4. The second-order valence-electron chi connectivity index (χ2n) is 8.24. The van der Waals surface area contributed by atoms with Crippen molar-refractivity contribution < 1.29 is 22.9 Å². The first-order valence-corrected chi connectivity index (χ1v) is 12.6. The molecule has 1 aliphatic rings. The number of amides is 2. The van der Waals surface area contributed by atoms with Gasteiger partial charge in [0.05, 0.1) is 34.9 Å². The quantitative estimate of drug-likeness (QED) is 0.445. The minimum atomic E-state index is -1.31. The van der Waals surface area contributed by atoms with Crippen molar-refractivity contribution in [1.29, 1.82) is 0 Å². The molecule has 1 fully saturated rings. The molecule has 1 N–H and O–H groups in total. The van der Waals surface area contributed by atoms with E-state index in [1.165, 1.54) is 36.5 Å². The molecule has 2 amide bonds. The zero-order chi connectivity index (χ0) is 25.4. The summed E-state index contributed by atoms with van der Waals surface area (Å²) in [4.78, 5) is 35.7. The molecule has 0 radical (unpaired) electrons. The number of nitrogens with zero attached hydrogens (tertiary/aromatic N) is 4. The number of methoxy groups -OCH3 is 1. The van der Waals surface area contributed by atoms with Crippen LogP contribution in [0, 0.1) is 5.82 Å². The van der Waals surface area contributed by atoms with E-state index in [1.807, 2.05) is 0 Å². The van der Waals surface area contributed by atoms with Gasteiger partial charge in [-0.3, -0.25) is 18.4 Å². The van der Waals surface area contributed by atoms with E-state index in [4.69, 9.17) is 4.74 Å². The summed E-state index contributed by atoms with van der Waals surface area (Å²) in [5.41, 5.74) is 1.74. The van der Waals surface area contributed by atoms with Crippen molar-refractivity contribution in [2.75, 3.05) is 33.0 Å². The minimum absolute atomic E-state index is 0.00644. The fraction of sp³-hybridized carbons (Fsp3) is 0.200. The predicted octanol–water partition coefficient (Wildman–Crippen LogP) is 2.54. The van der Waals surface area contributed by atoms with Crippen LogP contribution in [0.2, 0.25) is 0 Å². The maximum Gasteiger partial charge on any atom is 0.254 e. The van der Waals surface area contributed by atoms with Crippen LogP contribution in [-0.2, 0) is 15.6 Å². The highest BCUT2D eigenvalue weighted by molar-refractivity contribution is 7.84. The number of carbonyl (C=O) groups excluding carboxylic acids is 2. The van der Waals surface area contributed by atoms with Crippen molar-refractivity contribution in [3.05, 3.63) is 66.4 Å². The van der Waals surface area contributed by atoms with E-state index < -0.39 is 16.6 Å². The maximum atomic E-state index is 14.4. The van der Waals surface area contributed by atoms with Crippen LogP contribution in [0.3, 0.4) is 0 Å². The SMILES string of the molecule is COc1ccc(F)c(-c2cnc(-n3cc(S(C)=O)c4ccc(C(=O)N5CCNC(=O)C5)cc43)nc2)c1. The molecule has 2 aromatic carbocycles.